The molecule has 0 aliphatic rings. The van der Waals surface area contributed by atoms with E-state index < -0.39 is 11.9 Å². The molecule has 0 bridgehead atoms. The second-order valence-corrected chi connectivity index (χ2v) is 13.7. The Bertz CT molecular complexity index is 612. The molecule has 4 heteroatoms. The van der Waals surface area contributed by atoms with Crippen molar-refractivity contribution in [1.29, 1.82) is 0 Å². The molecule has 0 fully saturated rings. The monoisotopic (exact) mass is 621 g/mol. The molecule has 0 aromatic rings. The van der Waals surface area contributed by atoms with E-state index in [1.165, 1.54) is 167 Å². The molecule has 0 aliphatic heterocycles. The van der Waals surface area contributed by atoms with Crippen molar-refractivity contribution in [1.82, 2.24) is 0 Å². The first-order chi connectivity index (χ1) is 21.5. The summed E-state index contributed by atoms with van der Waals surface area (Å²) in [7, 11) is 0. The summed E-state index contributed by atoms with van der Waals surface area (Å²) < 4.78 is 0. The summed E-state index contributed by atoms with van der Waals surface area (Å²) in [6.45, 7) is 4.54. The fraction of sp³-hybridized carbons (Fsp3) is 0.900. The predicted molar refractivity (Wildman–Crippen MR) is 191 cm³/mol. The van der Waals surface area contributed by atoms with Gasteiger partial charge in [-0.3, -0.25) is 0 Å². The molecule has 0 aliphatic carbocycles. The van der Waals surface area contributed by atoms with Crippen molar-refractivity contribution in [2.75, 3.05) is 0 Å². The normalized spacial score (nSPS) is 12.0. The molecule has 0 saturated heterocycles. The smallest absolute Gasteiger partial charge is 0.332 e. The number of carboxylic acids is 2. The summed E-state index contributed by atoms with van der Waals surface area (Å²) in [5.41, 5.74) is 0.285. The number of aliphatic carboxylic acids is 2. The van der Waals surface area contributed by atoms with Gasteiger partial charge in [-0.25, -0.2) is 9.59 Å². The Morgan fingerprint density at radius 1 is 0.295 bits per heavy atom. The van der Waals surface area contributed by atoms with Crippen LogP contribution in [0.2, 0.25) is 0 Å². The summed E-state index contributed by atoms with van der Waals surface area (Å²) in [5.74, 6) is -2.08. The molecule has 0 rings (SSSR count). The number of carboxylic acid groups (broad SMARTS) is 2. The third-order valence-corrected chi connectivity index (χ3v) is 9.44. The molecule has 0 radical (unpaired) electrons. The Kier molecular flexibility index (Phi) is 33.5. The minimum absolute atomic E-state index is 0.142. The summed E-state index contributed by atoms with van der Waals surface area (Å²) in [6.07, 6.45) is 41.7. The van der Waals surface area contributed by atoms with Gasteiger partial charge in [-0.1, -0.05) is 206 Å². The number of hydrogen-bond acceptors (Lipinski definition) is 2. The lowest BCUT2D eigenvalue weighted by Gasteiger charge is -2.10. The highest BCUT2D eigenvalue weighted by Gasteiger charge is 2.19. The molecule has 0 heterocycles. The molecule has 0 aromatic carbocycles. The molecule has 2 N–H and O–H groups in total. The van der Waals surface area contributed by atoms with E-state index in [-0.39, 0.29) is 11.1 Å². The van der Waals surface area contributed by atoms with Gasteiger partial charge in [-0.15, -0.1) is 0 Å². The quantitative estimate of drug-likeness (QED) is 0.0540. The van der Waals surface area contributed by atoms with Gasteiger partial charge in [0, 0.05) is 11.1 Å². The first-order valence-corrected chi connectivity index (χ1v) is 19.7. The molecular weight excluding hydrogens is 544 g/mol. The minimum Gasteiger partial charge on any atom is -0.478 e. The van der Waals surface area contributed by atoms with Gasteiger partial charge in [0.15, 0.2) is 0 Å². The Morgan fingerprint density at radius 2 is 0.455 bits per heavy atom. The third kappa shape index (κ3) is 29.4. The van der Waals surface area contributed by atoms with Gasteiger partial charge in [-0.2, -0.15) is 0 Å². The maximum absolute atomic E-state index is 11.9. The van der Waals surface area contributed by atoms with Gasteiger partial charge in [0.25, 0.3) is 0 Å². The summed E-state index contributed by atoms with van der Waals surface area (Å²) >= 11 is 0. The lowest BCUT2D eigenvalue weighted by atomic mass is 9.96. The van der Waals surface area contributed by atoms with E-state index in [1.54, 1.807) is 0 Å². The highest BCUT2D eigenvalue weighted by Crippen LogP contribution is 2.22. The van der Waals surface area contributed by atoms with E-state index >= 15 is 0 Å². The number of carbonyl (C=O) groups is 2. The van der Waals surface area contributed by atoms with Gasteiger partial charge in [-0.05, 0) is 25.7 Å². The molecule has 0 saturated carbocycles. The SMILES string of the molecule is CCCCCCCCCCCCCCCCCC/C(C(=O)O)=C(/CCCCCCCCCCCCCCCCCC)C(=O)O. The van der Waals surface area contributed by atoms with Crippen molar-refractivity contribution in [3.05, 3.63) is 11.1 Å². The zero-order valence-electron chi connectivity index (χ0n) is 29.8. The van der Waals surface area contributed by atoms with Crippen molar-refractivity contribution < 1.29 is 19.8 Å². The highest BCUT2D eigenvalue weighted by atomic mass is 16.4. The maximum atomic E-state index is 11.9. The van der Waals surface area contributed by atoms with E-state index in [9.17, 15) is 19.8 Å². The van der Waals surface area contributed by atoms with Crippen LogP contribution in [0.25, 0.3) is 0 Å². The molecule has 0 spiro atoms. The van der Waals surface area contributed by atoms with Crippen LogP contribution in [0, 0.1) is 0 Å². The first kappa shape index (κ1) is 42.7. The summed E-state index contributed by atoms with van der Waals surface area (Å²) in [5, 5.41) is 19.5. The predicted octanol–water partition coefficient (Wildman–Crippen LogP) is 13.8. The Hall–Kier alpha value is -1.32. The van der Waals surface area contributed by atoms with Gasteiger partial charge in [0.1, 0.15) is 0 Å². The van der Waals surface area contributed by atoms with Crippen molar-refractivity contribution >= 4 is 11.9 Å². The molecule has 0 atom stereocenters. The third-order valence-electron chi connectivity index (χ3n) is 9.44. The van der Waals surface area contributed by atoms with Crippen molar-refractivity contribution in [3.8, 4) is 0 Å². The molecule has 260 valence electrons. The van der Waals surface area contributed by atoms with Crippen molar-refractivity contribution in [2.24, 2.45) is 0 Å². The zero-order chi connectivity index (χ0) is 32.4. The van der Waals surface area contributed by atoms with Crippen LogP contribution in [0.1, 0.15) is 232 Å². The van der Waals surface area contributed by atoms with E-state index in [1.807, 2.05) is 0 Å². The molecule has 0 unspecified atom stereocenters. The Balaban J connectivity index is 3.84. The average molecular weight is 621 g/mol. The van der Waals surface area contributed by atoms with Gasteiger partial charge < -0.3 is 10.2 Å². The molecule has 0 amide bonds. The first-order valence-electron chi connectivity index (χ1n) is 19.7. The van der Waals surface area contributed by atoms with Gasteiger partial charge >= 0.3 is 11.9 Å². The average Bonchev–Trinajstić information content (AvgIpc) is 3.00. The molecule has 0 aromatic heterocycles. The Morgan fingerprint density at radius 3 is 0.614 bits per heavy atom. The van der Waals surface area contributed by atoms with E-state index in [2.05, 4.69) is 13.8 Å². The maximum Gasteiger partial charge on any atom is 0.332 e. The van der Waals surface area contributed by atoms with Crippen LogP contribution in [-0.4, -0.2) is 22.2 Å². The second-order valence-electron chi connectivity index (χ2n) is 13.7. The molecular formula is C40H76O4. The minimum atomic E-state index is -1.04. The zero-order valence-corrected chi connectivity index (χ0v) is 29.8. The number of unbranched alkanes of at least 4 members (excludes halogenated alkanes) is 30. The van der Waals surface area contributed by atoms with Crippen LogP contribution in [0.15, 0.2) is 11.1 Å². The fourth-order valence-electron chi connectivity index (χ4n) is 6.47. The standard InChI is InChI=1S/C40H76O4/c1-3-5-7-9-11-13-15-17-19-21-23-25-27-29-31-33-35-37(39(41)42)38(40(43)44)36-34-32-30-28-26-24-22-20-18-16-14-12-10-8-6-4-2/h3-36H2,1-2H3,(H,41,42)(H,43,44)/b38-37+. The lowest BCUT2D eigenvalue weighted by Crippen LogP contribution is -2.12. The number of hydrogen-bond donors (Lipinski definition) is 2. The van der Waals surface area contributed by atoms with Crippen molar-refractivity contribution in [3.63, 3.8) is 0 Å². The van der Waals surface area contributed by atoms with Gasteiger partial charge in [0.05, 0.1) is 0 Å². The van der Waals surface area contributed by atoms with Crippen LogP contribution >= 0.6 is 0 Å². The van der Waals surface area contributed by atoms with Gasteiger partial charge in [0.2, 0.25) is 0 Å². The summed E-state index contributed by atoms with van der Waals surface area (Å²) in [4.78, 5) is 23.8. The van der Waals surface area contributed by atoms with Crippen molar-refractivity contribution in [2.45, 2.75) is 232 Å². The van der Waals surface area contributed by atoms with E-state index in [0.717, 1.165) is 38.5 Å². The lowest BCUT2D eigenvalue weighted by molar-refractivity contribution is -0.136. The van der Waals surface area contributed by atoms with Crippen LogP contribution in [0.4, 0.5) is 0 Å². The highest BCUT2D eigenvalue weighted by molar-refractivity contribution is 5.98. The molecule has 4 nitrogen and oxygen atoms in total. The second kappa shape index (κ2) is 34.6. The van der Waals surface area contributed by atoms with E-state index in [0.29, 0.717) is 12.8 Å². The van der Waals surface area contributed by atoms with Crippen LogP contribution in [0.5, 0.6) is 0 Å². The molecule has 44 heavy (non-hydrogen) atoms. The fourth-order valence-corrected chi connectivity index (χ4v) is 6.47. The number of rotatable bonds is 36. The van der Waals surface area contributed by atoms with Crippen LogP contribution in [-0.2, 0) is 9.59 Å². The summed E-state index contributed by atoms with van der Waals surface area (Å²) in [6, 6.07) is 0. The van der Waals surface area contributed by atoms with Crippen LogP contribution in [0.3, 0.4) is 0 Å². The largest absolute Gasteiger partial charge is 0.478 e. The van der Waals surface area contributed by atoms with Crippen LogP contribution < -0.4 is 0 Å². The Labute approximate surface area is 274 Å². The topological polar surface area (TPSA) is 74.6 Å². The van der Waals surface area contributed by atoms with E-state index in [4.69, 9.17) is 0 Å².